The molecule has 0 aromatic heterocycles. The molecular weight excluding hydrogens is 292 g/mol. The Labute approximate surface area is 124 Å². The molecule has 0 unspecified atom stereocenters. The fraction of sp³-hybridized carbons (Fsp3) is 0.500. The molecule has 0 bridgehead atoms. The minimum atomic E-state index is -3.63. The largest absolute Gasteiger partial charge is 0.395 e. The van der Waals surface area contributed by atoms with Crippen molar-refractivity contribution in [2.24, 2.45) is 0 Å². The minimum Gasteiger partial charge on any atom is -0.395 e. The quantitative estimate of drug-likeness (QED) is 0.804. The van der Waals surface area contributed by atoms with Crippen LogP contribution in [0.4, 0.5) is 0 Å². The molecule has 21 heavy (non-hydrogen) atoms. The van der Waals surface area contributed by atoms with E-state index in [1.807, 2.05) is 0 Å². The molecule has 1 aromatic rings. The fourth-order valence-electron chi connectivity index (χ4n) is 2.33. The van der Waals surface area contributed by atoms with E-state index in [2.05, 4.69) is 5.32 Å². The molecule has 1 fully saturated rings. The lowest BCUT2D eigenvalue weighted by atomic mass is 9.93. The molecule has 0 saturated heterocycles. The van der Waals surface area contributed by atoms with Gasteiger partial charge in [0.15, 0.2) is 0 Å². The zero-order valence-corrected chi connectivity index (χ0v) is 12.8. The molecule has 1 saturated carbocycles. The van der Waals surface area contributed by atoms with Gasteiger partial charge < -0.3 is 10.4 Å². The molecule has 0 aliphatic heterocycles. The number of aliphatic hydroxyl groups excluding tert-OH is 1. The van der Waals surface area contributed by atoms with Gasteiger partial charge in [-0.05, 0) is 37.1 Å². The third-order valence-electron chi connectivity index (χ3n) is 3.75. The number of rotatable bonds is 6. The van der Waals surface area contributed by atoms with Crippen molar-refractivity contribution in [3.63, 3.8) is 0 Å². The van der Waals surface area contributed by atoms with Crippen molar-refractivity contribution in [3.05, 3.63) is 29.8 Å². The Kier molecular flexibility index (Phi) is 4.97. The van der Waals surface area contributed by atoms with E-state index in [9.17, 15) is 13.2 Å². The Morgan fingerprint density at radius 2 is 1.95 bits per heavy atom. The van der Waals surface area contributed by atoms with Crippen LogP contribution in [0.3, 0.4) is 0 Å². The number of hydrogen-bond acceptors (Lipinski definition) is 4. The van der Waals surface area contributed by atoms with Gasteiger partial charge in [0, 0.05) is 25.2 Å². The summed E-state index contributed by atoms with van der Waals surface area (Å²) in [5.74, 6) is -0.259. The van der Waals surface area contributed by atoms with E-state index in [0.29, 0.717) is 5.56 Å². The van der Waals surface area contributed by atoms with E-state index in [0.717, 1.165) is 19.3 Å². The molecule has 0 spiro atoms. The average Bonchev–Trinajstić information content (AvgIpc) is 2.44. The van der Waals surface area contributed by atoms with Gasteiger partial charge >= 0.3 is 0 Å². The van der Waals surface area contributed by atoms with Crippen molar-refractivity contribution in [2.45, 2.75) is 30.2 Å². The first-order valence-electron chi connectivity index (χ1n) is 6.95. The SMILES string of the molecule is CNC(=O)c1ccc(S(=O)(=O)N(CCO)C2CCC2)cc1. The smallest absolute Gasteiger partial charge is 0.251 e. The molecule has 1 aromatic carbocycles. The van der Waals surface area contributed by atoms with Crippen molar-refractivity contribution in [3.8, 4) is 0 Å². The van der Waals surface area contributed by atoms with Gasteiger partial charge in [0.25, 0.3) is 5.91 Å². The van der Waals surface area contributed by atoms with E-state index in [1.165, 1.54) is 35.6 Å². The number of carbonyl (C=O) groups is 1. The Hall–Kier alpha value is -1.44. The summed E-state index contributed by atoms with van der Waals surface area (Å²) in [5, 5.41) is 11.6. The highest BCUT2D eigenvalue weighted by atomic mass is 32.2. The number of nitrogens with zero attached hydrogens (tertiary/aromatic N) is 1. The van der Waals surface area contributed by atoms with E-state index >= 15 is 0 Å². The highest BCUT2D eigenvalue weighted by Gasteiger charge is 2.34. The second-order valence-corrected chi connectivity index (χ2v) is 6.92. The first-order valence-corrected chi connectivity index (χ1v) is 8.39. The summed E-state index contributed by atoms with van der Waals surface area (Å²) in [5.41, 5.74) is 0.411. The molecule has 0 atom stereocenters. The number of carbonyl (C=O) groups excluding carboxylic acids is 1. The van der Waals surface area contributed by atoms with Crippen molar-refractivity contribution in [2.75, 3.05) is 20.2 Å². The Balaban J connectivity index is 2.26. The first-order chi connectivity index (χ1) is 10.0. The second-order valence-electron chi connectivity index (χ2n) is 5.03. The van der Waals surface area contributed by atoms with Gasteiger partial charge in [-0.25, -0.2) is 8.42 Å². The lowest BCUT2D eigenvalue weighted by molar-refractivity contribution is 0.0963. The van der Waals surface area contributed by atoms with Crippen LogP contribution in [0.2, 0.25) is 0 Å². The predicted molar refractivity (Wildman–Crippen MR) is 78.4 cm³/mol. The molecule has 2 rings (SSSR count). The lowest BCUT2D eigenvalue weighted by Gasteiger charge is -2.36. The van der Waals surface area contributed by atoms with Crippen molar-refractivity contribution < 1.29 is 18.3 Å². The number of hydrogen-bond donors (Lipinski definition) is 2. The average molecular weight is 312 g/mol. The van der Waals surface area contributed by atoms with Crippen molar-refractivity contribution >= 4 is 15.9 Å². The summed E-state index contributed by atoms with van der Waals surface area (Å²) in [4.78, 5) is 11.6. The standard InChI is InChI=1S/C14H20N2O4S/c1-15-14(18)11-5-7-13(8-6-11)21(19,20)16(9-10-17)12-3-2-4-12/h5-8,12,17H,2-4,9-10H2,1H3,(H,15,18). The maximum Gasteiger partial charge on any atom is 0.251 e. The Bertz CT molecular complexity index is 594. The van der Waals surface area contributed by atoms with Crippen LogP contribution >= 0.6 is 0 Å². The number of amides is 1. The summed E-state index contributed by atoms with van der Waals surface area (Å²) in [6, 6.07) is 5.82. The molecule has 1 aliphatic rings. The number of benzene rings is 1. The summed E-state index contributed by atoms with van der Waals surface area (Å²) in [6.07, 6.45) is 2.67. The summed E-state index contributed by atoms with van der Waals surface area (Å²) >= 11 is 0. The Morgan fingerprint density at radius 1 is 1.33 bits per heavy atom. The molecular formula is C14H20N2O4S. The molecule has 1 amide bonds. The van der Waals surface area contributed by atoms with Gasteiger partial charge in [0.1, 0.15) is 0 Å². The van der Waals surface area contributed by atoms with Gasteiger partial charge in [0.05, 0.1) is 11.5 Å². The minimum absolute atomic E-state index is 0.0271. The van der Waals surface area contributed by atoms with Crippen LogP contribution in [0.25, 0.3) is 0 Å². The molecule has 1 aliphatic carbocycles. The number of nitrogens with one attached hydrogen (secondary N) is 1. The normalized spacial score (nSPS) is 15.8. The van der Waals surface area contributed by atoms with Gasteiger partial charge in [-0.1, -0.05) is 6.42 Å². The second kappa shape index (κ2) is 6.55. The van der Waals surface area contributed by atoms with E-state index in [4.69, 9.17) is 5.11 Å². The van der Waals surface area contributed by atoms with Gasteiger partial charge in [-0.15, -0.1) is 0 Å². The molecule has 0 heterocycles. The van der Waals surface area contributed by atoms with Crippen LogP contribution in [0.5, 0.6) is 0 Å². The van der Waals surface area contributed by atoms with Crippen LogP contribution in [-0.4, -0.2) is 50.0 Å². The van der Waals surface area contributed by atoms with Crippen LogP contribution < -0.4 is 5.32 Å². The number of sulfonamides is 1. The zero-order valence-electron chi connectivity index (χ0n) is 11.9. The third kappa shape index (κ3) is 3.25. The molecule has 6 nitrogen and oxygen atoms in total. The molecule has 0 radical (unpaired) electrons. The Morgan fingerprint density at radius 3 is 2.38 bits per heavy atom. The monoisotopic (exact) mass is 312 g/mol. The lowest BCUT2D eigenvalue weighted by Crippen LogP contribution is -2.45. The van der Waals surface area contributed by atoms with Gasteiger partial charge in [0.2, 0.25) is 10.0 Å². The zero-order chi connectivity index (χ0) is 15.5. The first kappa shape index (κ1) is 15.9. The van der Waals surface area contributed by atoms with Crippen molar-refractivity contribution in [1.29, 1.82) is 0 Å². The van der Waals surface area contributed by atoms with E-state index < -0.39 is 10.0 Å². The van der Waals surface area contributed by atoms with Gasteiger partial charge in [-0.3, -0.25) is 4.79 Å². The summed E-state index contributed by atoms with van der Waals surface area (Å²) in [7, 11) is -2.11. The van der Waals surface area contributed by atoms with E-state index in [-0.39, 0.29) is 30.0 Å². The van der Waals surface area contributed by atoms with Crippen LogP contribution in [0, 0.1) is 0 Å². The maximum absolute atomic E-state index is 12.6. The van der Waals surface area contributed by atoms with Crippen molar-refractivity contribution in [1.82, 2.24) is 9.62 Å². The van der Waals surface area contributed by atoms with Crippen LogP contribution in [0.1, 0.15) is 29.6 Å². The maximum atomic E-state index is 12.6. The summed E-state index contributed by atoms with van der Waals surface area (Å²) < 4.78 is 26.6. The predicted octanol–water partition coefficient (Wildman–Crippen LogP) is 0.582. The number of aliphatic hydroxyl groups is 1. The third-order valence-corrected chi connectivity index (χ3v) is 5.72. The highest BCUT2D eigenvalue weighted by Crippen LogP contribution is 2.29. The molecule has 116 valence electrons. The van der Waals surface area contributed by atoms with Gasteiger partial charge in [-0.2, -0.15) is 4.31 Å². The summed E-state index contributed by atoms with van der Waals surface area (Å²) in [6.45, 7) is -0.101. The topological polar surface area (TPSA) is 86.7 Å². The van der Waals surface area contributed by atoms with E-state index in [1.54, 1.807) is 0 Å². The molecule has 7 heteroatoms. The fourth-order valence-corrected chi connectivity index (χ4v) is 4.01. The van der Waals surface area contributed by atoms with Crippen LogP contribution in [0.15, 0.2) is 29.2 Å². The van der Waals surface area contributed by atoms with Crippen LogP contribution in [-0.2, 0) is 10.0 Å². The highest BCUT2D eigenvalue weighted by molar-refractivity contribution is 7.89. The molecule has 2 N–H and O–H groups in total.